The summed E-state index contributed by atoms with van der Waals surface area (Å²) < 4.78 is 23.0. The maximum absolute atomic E-state index is 12.0. The number of nitrogens with one attached hydrogen (secondary N) is 1. The fourth-order valence-electron chi connectivity index (χ4n) is 2.41. The summed E-state index contributed by atoms with van der Waals surface area (Å²) in [7, 11) is -3.55. The van der Waals surface area contributed by atoms with E-state index in [1.807, 2.05) is 0 Å². The number of hydrogen-bond donors (Lipinski definition) is 2. The second-order valence-electron chi connectivity index (χ2n) is 6.63. The monoisotopic (exact) mass is 319 g/mol. The van der Waals surface area contributed by atoms with Crippen molar-refractivity contribution >= 4 is 21.7 Å². The molecule has 2 atom stereocenters. The van der Waals surface area contributed by atoms with Gasteiger partial charge in [-0.05, 0) is 33.6 Å². The molecule has 0 radical (unpaired) electrons. The average Bonchev–Trinajstić information content (AvgIpc) is 2.51. The van der Waals surface area contributed by atoms with E-state index < -0.39 is 44.2 Å². The topological polar surface area (TPSA) is 101 Å². The molecule has 1 aliphatic carbocycles. The SMILES string of the molecule is CC(C)(C)S(=O)(=O)CC(=O)N[C@H]1CCCCC[C@H]1C(=O)O. The Balaban J connectivity index is 2.74. The molecule has 1 aliphatic rings. The molecule has 1 fully saturated rings. The predicted molar refractivity (Wildman–Crippen MR) is 79.7 cm³/mol. The Morgan fingerprint density at radius 1 is 1.14 bits per heavy atom. The van der Waals surface area contributed by atoms with Gasteiger partial charge in [-0.3, -0.25) is 9.59 Å². The second-order valence-corrected chi connectivity index (χ2v) is 9.37. The van der Waals surface area contributed by atoms with Crippen LogP contribution in [0.15, 0.2) is 0 Å². The lowest BCUT2D eigenvalue weighted by atomic mass is 9.95. The lowest BCUT2D eigenvalue weighted by molar-refractivity contribution is -0.143. The third-order valence-corrected chi connectivity index (χ3v) is 6.44. The molecule has 0 aromatic heterocycles. The predicted octanol–water partition coefficient (Wildman–Crippen LogP) is 1.35. The first-order valence-corrected chi connectivity index (χ1v) is 8.94. The summed E-state index contributed by atoms with van der Waals surface area (Å²) in [5, 5.41) is 11.9. The van der Waals surface area contributed by atoms with Crippen molar-refractivity contribution in [3.05, 3.63) is 0 Å². The normalized spacial score (nSPS) is 24.1. The third-order valence-electron chi connectivity index (χ3n) is 3.93. The van der Waals surface area contributed by atoms with Crippen LogP contribution in [0.2, 0.25) is 0 Å². The fraction of sp³-hybridized carbons (Fsp3) is 0.857. The largest absolute Gasteiger partial charge is 0.481 e. The molecule has 1 amide bonds. The molecule has 122 valence electrons. The quantitative estimate of drug-likeness (QED) is 0.762. The summed E-state index contributed by atoms with van der Waals surface area (Å²) in [5.41, 5.74) is 0. The van der Waals surface area contributed by atoms with Crippen LogP contribution in [0, 0.1) is 5.92 Å². The van der Waals surface area contributed by atoms with Crippen LogP contribution in [-0.2, 0) is 19.4 Å². The average molecular weight is 319 g/mol. The Morgan fingerprint density at radius 2 is 1.71 bits per heavy atom. The van der Waals surface area contributed by atoms with Crippen LogP contribution in [0.1, 0.15) is 52.9 Å². The molecule has 6 nitrogen and oxygen atoms in total. The molecule has 0 aromatic carbocycles. The number of hydrogen-bond acceptors (Lipinski definition) is 4. The van der Waals surface area contributed by atoms with Gasteiger partial charge in [0.1, 0.15) is 5.75 Å². The molecule has 0 bridgehead atoms. The van der Waals surface area contributed by atoms with Crippen molar-refractivity contribution < 1.29 is 23.1 Å². The maximum atomic E-state index is 12.0. The van der Waals surface area contributed by atoms with Gasteiger partial charge >= 0.3 is 5.97 Å². The minimum atomic E-state index is -3.55. The van der Waals surface area contributed by atoms with E-state index >= 15 is 0 Å². The molecule has 0 aliphatic heterocycles. The lowest BCUT2D eigenvalue weighted by Crippen LogP contribution is -2.46. The standard InChI is InChI=1S/C14H25NO5S/c1-14(2,3)21(19,20)9-12(16)15-11-8-6-4-5-7-10(11)13(17)18/h10-11H,4-9H2,1-3H3,(H,15,16)(H,17,18)/t10-,11+/m1/s1. The summed E-state index contributed by atoms with van der Waals surface area (Å²) in [5.74, 6) is -2.77. The lowest BCUT2D eigenvalue weighted by Gasteiger charge is -2.24. The number of carbonyl (C=O) groups is 2. The van der Waals surface area contributed by atoms with Crippen molar-refractivity contribution in [2.24, 2.45) is 5.92 Å². The smallest absolute Gasteiger partial charge is 0.308 e. The highest BCUT2D eigenvalue weighted by molar-refractivity contribution is 7.93. The summed E-state index contributed by atoms with van der Waals surface area (Å²) in [4.78, 5) is 23.2. The number of rotatable bonds is 4. The Kier molecular flexibility index (Phi) is 5.78. The van der Waals surface area contributed by atoms with Gasteiger partial charge in [-0.2, -0.15) is 0 Å². The van der Waals surface area contributed by atoms with E-state index in [-0.39, 0.29) is 0 Å². The van der Waals surface area contributed by atoms with Gasteiger partial charge in [0.25, 0.3) is 0 Å². The second kappa shape index (κ2) is 6.77. The van der Waals surface area contributed by atoms with Gasteiger partial charge in [-0.15, -0.1) is 0 Å². The first kappa shape index (κ1) is 17.9. The van der Waals surface area contributed by atoms with Crippen molar-refractivity contribution in [3.63, 3.8) is 0 Å². The molecule has 2 N–H and O–H groups in total. The Labute approximate surface area is 126 Å². The number of sulfone groups is 1. The first-order valence-electron chi connectivity index (χ1n) is 7.29. The van der Waals surface area contributed by atoms with Crippen LogP contribution in [0.3, 0.4) is 0 Å². The van der Waals surface area contributed by atoms with E-state index in [1.54, 1.807) is 20.8 Å². The van der Waals surface area contributed by atoms with Crippen molar-refractivity contribution in [1.82, 2.24) is 5.32 Å². The molecule has 0 unspecified atom stereocenters. The van der Waals surface area contributed by atoms with Crippen LogP contribution in [0.5, 0.6) is 0 Å². The highest BCUT2D eigenvalue weighted by Gasteiger charge is 2.34. The Bertz CT molecular complexity index is 492. The molecule has 1 saturated carbocycles. The Hall–Kier alpha value is -1.11. The van der Waals surface area contributed by atoms with Crippen molar-refractivity contribution in [2.75, 3.05) is 5.75 Å². The molecule has 0 spiro atoms. The highest BCUT2D eigenvalue weighted by atomic mass is 32.2. The zero-order valence-electron chi connectivity index (χ0n) is 12.9. The van der Waals surface area contributed by atoms with Gasteiger partial charge in [0.15, 0.2) is 9.84 Å². The molecule has 1 rings (SSSR count). The zero-order chi connectivity index (χ0) is 16.3. The summed E-state index contributed by atoms with van der Waals surface area (Å²) in [6, 6.07) is -0.479. The van der Waals surface area contributed by atoms with Gasteiger partial charge in [0, 0.05) is 6.04 Å². The summed E-state index contributed by atoms with van der Waals surface area (Å²) in [6.07, 6.45) is 3.71. The first-order chi connectivity index (χ1) is 9.54. The van der Waals surface area contributed by atoms with E-state index in [2.05, 4.69) is 5.32 Å². The van der Waals surface area contributed by atoms with Crippen LogP contribution >= 0.6 is 0 Å². The van der Waals surface area contributed by atoms with Crippen molar-refractivity contribution in [3.8, 4) is 0 Å². The number of carbonyl (C=O) groups excluding carboxylic acids is 1. The van der Waals surface area contributed by atoms with Gasteiger partial charge in [0.05, 0.1) is 10.7 Å². The van der Waals surface area contributed by atoms with E-state index in [9.17, 15) is 23.1 Å². The van der Waals surface area contributed by atoms with Crippen LogP contribution in [0.25, 0.3) is 0 Å². The number of amides is 1. The number of carboxylic acid groups (broad SMARTS) is 1. The fourth-order valence-corrected chi connectivity index (χ4v) is 3.28. The third kappa shape index (κ3) is 4.98. The van der Waals surface area contributed by atoms with E-state index in [0.717, 1.165) is 19.3 Å². The molecule has 0 heterocycles. The van der Waals surface area contributed by atoms with Gasteiger partial charge < -0.3 is 10.4 Å². The summed E-state index contributed by atoms with van der Waals surface area (Å²) in [6.45, 7) is 4.63. The molecule has 21 heavy (non-hydrogen) atoms. The maximum Gasteiger partial charge on any atom is 0.308 e. The molecule has 0 saturated heterocycles. The van der Waals surface area contributed by atoms with E-state index in [1.165, 1.54) is 0 Å². The number of aliphatic carboxylic acids is 1. The van der Waals surface area contributed by atoms with Crippen LogP contribution in [-0.4, -0.2) is 41.9 Å². The number of carboxylic acids is 1. The van der Waals surface area contributed by atoms with Gasteiger partial charge in [-0.25, -0.2) is 8.42 Å². The van der Waals surface area contributed by atoms with Crippen molar-refractivity contribution in [2.45, 2.75) is 63.7 Å². The van der Waals surface area contributed by atoms with Crippen LogP contribution < -0.4 is 5.32 Å². The van der Waals surface area contributed by atoms with Gasteiger partial charge in [-0.1, -0.05) is 19.3 Å². The van der Waals surface area contributed by atoms with E-state index in [4.69, 9.17) is 0 Å². The zero-order valence-corrected chi connectivity index (χ0v) is 13.7. The molecular weight excluding hydrogens is 294 g/mol. The minimum absolute atomic E-state index is 0.479. The van der Waals surface area contributed by atoms with Gasteiger partial charge in [0.2, 0.25) is 5.91 Å². The summed E-state index contributed by atoms with van der Waals surface area (Å²) >= 11 is 0. The minimum Gasteiger partial charge on any atom is -0.481 e. The molecule has 0 aromatic rings. The van der Waals surface area contributed by atoms with E-state index in [0.29, 0.717) is 12.8 Å². The van der Waals surface area contributed by atoms with Crippen LogP contribution in [0.4, 0.5) is 0 Å². The Morgan fingerprint density at radius 3 is 2.24 bits per heavy atom. The molecule has 7 heteroatoms. The molecular formula is C14H25NO5S. The van der Waals surface area contributed by atoms with Crippen molar-refractivity contribution in [1.29, 1.82) is 0 Å². The highest BCUT2D eigenvalue weighted by Crippen LogP contribution is 2.24.